The maximum absolute atomic E-state index is 14.2. The Kier molecular flexibility index (Phi) is 10.3. The number of amides is 2. The average Bonchev–Trinajstić information content (AvgIpc) is 3.33. The third-order valence-corrected chi connectivity index (χ3v) is 9.44. The van der Waals surface area contributed by atoms with Crippen molar-refractivity contribution in [2.24, 2.45) is 5.92 Å². The van der Waals surface area contributed by atoms with Crippen LogP contribution in [0, 0.1) is 5.92 Å². The molecule has 45 heavy (non-hydrogen) atoms. The Bertz CT molecular complexity index is 1520. The van der Waals surface area contributed by atoms with Crippen LogP contribution in [0.2, 0.25) is 0 Å². The highest BCUT2D eigenvalue weighted by molar-refractivity contribution is 5.99. The zero-order valence-corrected chi connectivity index (χ0v) is 26.1. The third kappa shape index (κ3) is 6.80. The van der Waals surface area contributed by atoms with E-state index >= 15 is 0 Å². The molecule has 2 amide bonds. The molecule has 8 nitrogen and oxygen atoms in total. The standard InChI is InChI=1S/C37H42N2O6/c1-44-33-17-9-7-15-30(33)32(40)25-26-11-10-23-39(24-20-26)35(42)29-18-21-37(27-12-4-3-5-13-27,31-16-8-6-14-28(29)31)36(43)38-22-19-34(41)45-2/h3-9,12-17,26,29H,10-11,18-25H2,1-2H3,(H,38,43)/t26?,29-,37+/m1/s1. The Morgan fingerprint density at radius 2 is 1.60 bits per heavy atom. The highest BCUT2D eigenvalue weighted by atomic mass is 16.5. The largest absolute Gasteiger partial charge is 0.496 e. The lowest BCUT2D eigenvalue weighted by Crippen LogP contribution is -2.49. The van der Waals surface area contributed by atoms with Gasteiger partial charge in [0.25, 0.3) is 0 Å². The van der Waals surface area contributed by atoms with Crippen LogP contribution in [-0.2, 0) is 24.5 Å². The molecule has 3 aromatic rings. The first-order valence-corrected chi connectivity index (χ1v) is 15.8. The first-order chi connectivity index (χ1) is 21.9. The van der Waals surface area contributed by atoms with Crippen molar-refractivity contribution < 1.29 is 28.7 Å². The topological polar surface area (TPSA) is 102 Å². The normalized spacial score (nSPS) is 21.2. The molecule has 0 aromatic heterocycles. The van der Waals surface area contributed by atoms with Gasteiger partial charge in [0.2, 0.25) is 11.8 Å². The molecular formula is C37H42N2O6. The van der Waals surface area contributed by atoms with Crippen molar-refractivity contribution in [3.63, 3.8) is 0 Å². The molecule has 1 N–H and O–H groups in total. The Labute approximate surface area is 265 Å². The minimum Gasteiger partial charge on any atom is -0.496 e. The van der Waals surface area contributed by atoms with Gasteiger partial charge >= 0.3 is 5.97 Å². The van der Waals surface area contributed by atoms with Crippen molar-refractivity contribution in [2.45, 2.75) is 56.3 Å². The van der Waals surface area contributed by atoms with Gasteiger partial charge in [0, 0.05) is 26.1 Å². The molecule has 3 aromatic carbocycles. The van der Waals surface area contributed by atoms with E-state index in [9.17, 15) is 19.2 Å². The van der Waals surface area contributed by atoms with Gasteiger partial charge in [0.1, 0.15) is 5.75 Å². The lowest BCUT2D eigenvalue weighted by Gasteiger charge is -2.42. The maximum atomic E-state index is 14.2. The lowest BCUT2D eigenvalue weighted by atomic mass is 9.62. The molecule has 1 unspecified atom stereocenters. The second-order valence-electron chi connectivity index (χ2n) is 12.0. The van der Waals surface area contributed by atoms with E-state index in [0.29, 0.717) is 43.7 Å². The van der Waals surface area contributed by atoms with Gasteiger partial charge in [-0.3, -0.25) is 19.2 Å². The molecule has 1 heterocycles. The number of fused-ring (bicyclic) bond motifs is 1. The van der Waals surface area contributed by atoms with Gasteiger partial charge in [0.05, 0.1) is 37.5 Å². The van der Waals surface area contributed by atoms with E-state index in [0.717, 1.165) is 36.0 Å². The highest BCUT2D eigenvalue weighted by Gasteiger charge is 2.48. The second-order valence-corrected chi connectivity index (χ2v) is 12.0. The van der Waals surface area contributed by atoms with E-state index in [-0.39, 0.29) is 48.4 Å². The number of methoxy groups -OCH3 is 2. The Hall–Kier alpha value is -4.46. The summed E-state index contributed by atoms with van der Waals surface area (Å²) in [5.74, 6) is -0.0121. The van der Waals surface area contributed by atoms with Gasteiger partial charge in [-0.2, -0.15) is 0 Å². The van der Waals surface area contributed by atoms with Crippen LogP contribution >= 0.6 is 0 Å². The smallest absolute Gasteiger partial charge is 0.307 e. The first-order valence-electron chi connectivity index (χ1n) is 15.8. The molecule has 236 valence electrons. The van der Waals surface area contributed by atoms with Crippen LogP contribution in [0.4, 0.5) is 0 Å². The summed E-state index contributed by atoms with van der Waals surface area (Å²) < 4.78 is 10.1. The monoisotopic (exact) mass is 610 g/mol. The number of hydrogen-bond donors (Lipinski definition) is 1. The quantitative estimate of drug-likeness (QED) is 0.242. The summed E-state index contributed by atoms with van der Waals surface area (Å²) in [6.45, 7) is 1.41. The molecule has 0 saturated carbocycles. The number of rotatable bonds is 10. The average molecular weight is 611 g/mol. The number of Topliss-reactive ketones (excluding diaryl/α,β-unsaturated/α-hetero) is 1. The van der Waals surface area contributed by atoms with Crippen molar-refractivity contribution in [3.8, 4) is 5.75 Å². The molecule has 8 heteroatoms. The third-order valence-electron chi connectivity index (χ3n) is 9.44. The minimum absolute atomic E-state index is 0.0700. The molecule has 0 bridgehead atoms. The zero-order chi connectivity index (χ0) is 31.8. The predicted octanol–water partition coefficient (Wildman–Crippen LogP) is 5.44. The van der Waals surface area contributed by atoms with E-state index in [1.54, 1.807) is 13.2 Å². The summed E-state index contributed by atoms with van der Waals surface area (Å²) in [4.78, 5) is 55.1. The van der Waals surface area contributed by atoms with Crippen molar-refractivity contribution >= 4 is 23.6 Å². The van der Waals surface area contributed by atoms with Crippen molar-refractivity contribution in [1.82, 2.24) is 10.2 Å². The second kappa shape index (κ2) is 14.5. The summed E-state index contributed by atoms with van der Waals surface area (Å²) in [6, 6.07) is 24.8. The van der Waals surface area contributed by atoms with Crippen LogP contribution in [0.25, 0.3) is 0 Å². The zero-order valence-electron chi connectivity index (χ0n) is 26.1. The fourth-order valence-corrected chi connectivity index (χ4v) is 7.07. The maximum Gasteiger partial charge on any atom is 0.307 e. The van der Waals surface area contributed by atoms with Crippen LogP contribution in [0.5, 0.6) is 5.75 Å². The predicted molar refractivity (Wildman–Crippen MR) is 171 cm³/mol. The number of nitrogens with zero attached hydrogens (tertiary/aromatic N) is 1. The van der Waals surface area contributed by atoms with E-state index in [4.69, 9.17) is 9.47 Å². The number of likely N-dealkylation sites (tertiary alicyclic amines) is 1. The number of para-hydroxylation sites is 1. The minimum atomic E-state index is -0.993. The van der Waals surface area contributed by atoms with Gasteiger partial charge in [-0.1, -0.05) is 66.7 Å². The van der Waals surface area contributed by atoms with Gasteiger partial charge in [-0.05, 0) is 66.8 Å². The van der Waals surface area contributed by atoms with E-state index in [2.05, 4.69) is 5.32 Å². The van der Waals surface area contributed by atoms with Crippen molar-refractivity contribution in [2.75, 3.05) is 33.9 Å². The number of benzene rings is 3. The van der Waals surface area contributed by atoms with Crippen molar-refractivity contribution in [1.29, 1.82) is 0 Å². The van der Waals surface area contributed by atoms with E-state index < -0.39 is 5.41 Å². The van der Waals surface area contributed by atoms with Crippen LogP contribution < -0.4 is 10.1 Å². The SMILES string of the molecule is COC(=O)CCNC(=O)[C@]1(c2ccccc2)CC[C@@H](C(=O)N2CCCC(CC(=O)c3ccccc3OC)CC2)c2ccccc21. The van der Waals surface area contributed by atoms with E-state index in [1.807, 2.05) is 77.7 Å². The molecule has 1 aliphatic carbocycles. The molecular weight excluding hydrogens is 568 g/mol. The number of carbonyl (C=O) groups is 4. The first kappa shape index (κ1) is 31.9. The van der Waals surface area contributed by atoms with E-state index in [1.165, 1.54) is 7.11 Å². The Balaban J connectivity index is 1.34. The fraction of sp³-hybridized carbons (Fsp3) is 0.405. The summed E-state index contributed by atoms with van der Waals surface area (Å²) in [7, 11) is 2.91. The summed E-state index contributed by atoms with van der Waals surface area (Å²) in [6.07, 6.45) is 3.96. The molecule has 1 fully saturated rings. The van der Waals surface area contributed by atoms with Gasteiger partial charge in [-0.25, -0.2) is 0 Å². The number of nitrogens with one attached hydrogen (secondary N) is 1. The van der Waals surface area contributed by atoms with Crippen LogP contribution in [0.15, 0.2) is 78.9 Å². The molecule has 0 spiro atoms. The van der Waals surface area contributed by atoms with Crippen molar-refractivity contribution in [3.05, 3.63) is 101 Å². The fourth-order valence-electron chi connectivity index (χ4n) is 7.07. The summed E-state index contributed by atoms with van der Waals surface area (Å²) in [5.41, 5.74) is 2.16. The van der Waals surface area contributed by atoms with Crippen LogP contribution in [-0.4, -0.2) is 62.3 Å². The number of esters is 1. The summed E-state index contributed by atoms with van der Waals surface area (Å²) >= 11 is 0. The number of ether oxygens (including phenoxy) is 2. The molecule has 1 saturated heterocycles. The lowest BCUT2D eigenvalue weighted by molar-refractivity contribution is -0.140. The number of ketones is 1. The Morgan fingerprint density at radius 3 is 2.38 bits per heavy atom. The molecule has 5 rings (SSSR count). The van der Waals surface area contributed by atoms with Crippen LogP contribution in [0.3, 0.4) is 0 Å². The molecule has 3 atom stereocenters. The van der Waals surface area contributed by atoms with Gasteiger partial charge in [0.15, 0.2) is 5.78 Å². The number of hydrogen-bond acceptors (Lipinski definition) is 6. The molecule has 1 aliphatic heterocycles. The van der Waals surface area contributed by atoms with Gasteiger partial charge in [-0.15, -0.1) is 0 Å². The van der Waals surface area contributed by atoms with Gasteiger partial charge < -0.3 is 19.7 Å². The molecule has 0 radical (unpaired) electrons. The molecule has 2 aliphatic rings. The van der Waals surface area contributed by atoms with Crippen LogP contribution in [0.1, 0.15) is 77.9 Å². The highest BCUT2D eigenvalue weighted by Crippen LogP contribution is 2.48. The Morgan fingerprint density at radius 1 is 0.867 bits per heavy atom. The number of carbonyl (C=O) groups excluding carboxylic acids is 4. The summed E-state index contributed by atoms with van der Waals surface area (Å²) in [5, 5.41) is 2.98.